The van der Waals surface area contributed by atoms with Crippen molar-refractivity contribution in [2.45, 2.75) is 29.7 Å². The number of rotatable bonds is 7. The van der Waals surface area contributed by atoms with Crippen molar-refractivity contribution in [1.29, 1.82) is 0 Å². The van der Waals surface area contributed by atoms with Crippen molar-refractivity contribution in [2.75, 3.05) is 0 Å². The molecule has 9 nitrogen and oxygen atoms in total. The van der Waals surface area contributed by atoms with Gasteiger partial charge in [0.1, 0.15) is 5.82 Å². The fraction of sp³-hybridized carbons (Fsp3) is 0.200. The molecule has 0 aliphatic heterocycles. The number of aromatic nitrogens is 5. The smallest absolute Gasteiger partial charge is 0.269 e. The van der Waals surface area contributed by atoms with Crippen LogP contribution in [-0.4, -0.2) is 29.9 Å². The number of nitrogens with zero attached hydrogens (tertiary/aromatic N) is 6. The summed E-state index contributed by atoms with van der Waals surface area (Å²) in [5.41, 5.74) is 1.64. The summed E-state index contributed by atoms with van der Waals surface area (Å²) in [6.45, 7) is 0. The Morgan fingerprint density at radius 3 is 2.57 bits per heavy atom. The van der Waals surface area contributed by atoms with Gasteiger partial charge in [-0.25, -0.2) is 9.67 Å². The first kappa shape index (κ1) is 18.5. The standard InChI is InChI=1S/C20H16N6O3S/c27-26(28)16-10-8-14(9-11-16)19-23-22-17(29-19)12-30-20-21-18(13-6-7-13)25(24-20)15-4-2-1-3-5-15/h1-5,8-11,13H,6-7,12H2. The normalized spacial score (nSPS) is 13.5. The second kappa shape index (κ2) is 7.71. The predicted molar refractivity (Wildman–Crippen MR) is 109 cm³/mol. The van der Waals surface area contributed by atoms with Gasteiger partial charge in [0.05, 0.1) is 16.4 Å². The van der Waals surface area contributed by atoms with E-state index in [1.165, 1.54) is 23.9 Å². The molecular weight excluding hydrogens is 404 g/mol. The summed E-state index contributed by atoms with van der Waals surface area (Å²) in [7, 11) is 0. The molecule has 0 unspecified atom stereocenters. The molecule has 1 saturated carbocycles. The quantitative estimate of drug-likeness (QED) is 0.246. The Labute approximate surface area is 175 Å². The van der Waals surface area contributed by atoms with E-state index in [0.717, 1.165) is 24.4 Å². The van der Waals surface area contributed by atoms with Crippen LogP contribution in [0.3, 0.4) is 0 Å². The molecule has 0 radical (unpaired) electrons. The molecule has 0 N–H and O–H groups in total. The zero-order valence-electron chi connectivity index (χ0n) is 15.7. The highest BCUT2D eigenvalue weighted by Crippen LogP contribution is 2.40. The Balaban J connectivity index is 1.31. The number of nitro groups is 1. The van der Waals surface area contributed by atoms with Crippen molar-refractivity contribution >= 4 is 17.4 Å². The molecule has 0 amide bonds. The van der Waals surface area contributed by atoms with E-state index >= 15 is 0 Å². The van der Waals surface area contributed by atoms with Crippen LogP contribution in [0.5, 0.6) is 0 Å². The second-order valence-electron chi connectivity index (χ2n) is 6.87. The SMILES string of the molecule is O=[N+]([O-])c1ccc(-c2nnc(CSc3nc(C4CC4)n(-c4ccccc4)n3)o2)cc1. The average molecular weight is 420 g/mol. The summed E-state index contributed by atoms with van der Waals surface area (Å²) in [5, 5.41) is 24.2. The summed E-state index contributed by atoms with van der Waals surface area (Å²) < 4.78 is 7.61. The van der Waals surface area contributed by atoms with Crippen LogP contribution in [0.15, 0.2) is 64.2 Å². The van der Waals surface area contributed by atoms with E-state index in [2.05, 4.69) is 15.3 Å². The zero-order chi connectivity index (χ0) is 20.5. The highest BCUT2D eigenvalue weighted by atomic mass is 32.2. The van der Waals surface area contributed by atoms with Crippen molar-refractivity contribution in [2.24, 2.45) is 0 Å². The lowest BCUT2D eigenvalue weighted by Crippen LogP contribution is -2.01. The van der Waals surface area contributed by atoms with Gasteiger partial charge >= 0.3 is 0 Å². The minimum atomic E-state index is -0.447. The number of thioether (sulfide) groups is 1. The number of nitro benzene ring substituents is 1. The Morgan fingerprint density at radius 1 is 1.10 bits per heavy atom. The first-order valence-electron chi connectivity index (χ1n) is 9.40. The lowest BCUT2D eigenvalue weighted by Gasteiger charge is -2.03. The van der Waals surface area contributed by atoms with Crippen LogP contribution in [0.4, 0.5) is 5.69 Å². The second-order valence-corrected chi connectivity index (χ2v) is 7.81. The van der Waals surface area contributed by atoms with Crippen LogP contribution in [0.25, 0.3) is 17.1 Å². The van der Waals surface area contributed by atoms with Crippen LogP contribution in [0.2, 0.25) is 0 Å². The van der Waals surface area contributed by atoms with Gasteiger partial charge in [0.25, 0.3) is 5.69 Å². The lowest BCUT2D eigenvalue weighted by molar-refractivity contribution is -0.384. The van der Waals surface area contributed by atoms with E-state index in [1.807, 2.05) is 35.0 Å². The molecule has 150 valence electrons. The zero-order valence-corrected chi connectivity index (χ0v) is 16.5. The minimum Gasteiger partial charge on any atom is -0.420 e. The molecular formula is C20H16N6O3S. The highest BCUT2D eigenvalue weighted by Gasteiger charge is 2.30. The Morgan fingerprint density at radius 2 is 1.87 bits per heavy atom. The Bertz CT molecular complexity index is 1180. The molecule has 0 bridgehead atoms. The van der Waals surface area contributed by atoms with Crippen LogP contribution in [0, 0.1) is 10.1 Å². The van der Waals surface area contributed by atoms with Gasteiger partial charge in [-0.3, -0.25) is 10.1 Å². The van der Waals surface area contributed by atoms with Gasteiger partial charge < -0.3 is 4.42 Å². The molecule has 5 rings (SSSR count). The molecule has 2 heterocycles. The maximum absolute atomic E-state index is 10.8. The predicted octanol–water partition coefficient (Wildman–Crippen LogP) is 4.40. The van der Waals surface area contributed by atoms with Crippen LogP contribution in [-0.2, 0) is 5.75 Å². The third-order valence-corrected chi connectivity index (χ3v) is 5.50. The van der Waals surface area contributed by atoms with E-state index in [9.17, 15) is 10.1 Å². The average Bonchev–Trinajstić information content (AvgIpc) is 3.35. The molecule has 1 fully saturated rings. The van der Waals surface area contributed by atoms with Gasteiger partial charge in [-0.15, -0.1) is 15.3 Å². The summed E-state index contributed by atoms with van der Waals surface area (Å²) in [4.78, 5) is 15.0. The van der Waals surface area contributed by atoms with E-state index in [1.54, 1.807) is 12.1 Å². The van der Waals surface area contributed by atoms with E-state index in [-0.39, 0.29) is 5.69 Å². The summed E-state index contributed by atoms with van der Waals surface area (Å²) in [6, 6.07) is 16.0. The first-order valence-corrected chi connectivity index (χ1v) is 10.4. The Hall–Kier alpha value is -3.53. The third kappa shape index (κ3) is 3.81. The summed E-state index contributed by atoms with van der Waals surface area (Å²) in [5.74, 6) is 2.65. The van der Waals surface area contributed by atoms with Crippen molar-refractivity contribution in [3.05, 3.63) is 76.4 Å². The fourth-order valence-electron chi connectivity index (χ4n) is 3.01. The van der Waals surface area contributed by atoms with Gasteiger partial charge in [-0.1, -0.05) is 30.0 Å². The summed E-state index contributed by atoms with van der Waals surface area (Å²) >= 11 is 1.43. The van der Waals surface area contributed by atoms with E-state index < -0.39 is 4.92 Å². The lowest BCUT2D eigenvalue weighted by atomic mass is 10.2. The fourth-order valence-corrected chi connectivity index (χ4v) is 3.68. The van der Waals surface area contributed by atoms with Crippen LogP contribution < -0.4 is 0 Å². The topological polar surface area (TPSA) is 113 Å². The third-order valence-electron chi connectivity index (χ3n) is 4.67. The molecule has 0 atom stereocenters. The van der Waals surface area contributed by atoms with Gasteiger partial charge in [0.15, 0.2) is 0 Å². The Kier molecular flexibility index (Phi) is 4.75. The molecule has 1 aliphatic rings. The number of hydrogen-bond acceptors (Lipinski definition) is 8. The molecule has 4 aromatic rings. The monoisotopic (exact) mass is 420 g/mol. The van der Waals surface area contributed by atoms with E-state index in [4.69, 9.17) is 9.40 Å². The van der Waals surface area contributed by atoms with E-state index in [0.29, 0.717) is 34.2 Å². The molecule has 10 heteroatoms. The molecule has 2 aromatic heterocycles. The number of benzene rings is 2. The largest absolute Gasteiger partial charge is 0.420 e. The minimum absolute atomic E-state index is 0.0144. The van der Waals surface area contributed by atoms with Crippen molar-refractivity contribution < 1.29 is 9.34 Å². The van der Waals surface area contributed by atoms with Gasteiger partial charge in [-0.05, 0) is 37.1 Å². The number of non-ortho nitro benzene ring substituents is 1. The van der Waals surface area contributed by atoms with Crippen molar-refractivity contribution in [1.82, 2.24) is 25.0 Å². The molecule has 30 heavy (non-hydrogen) atoms. The highest BCUT2D eigenvalue weighted by molar-refractivity contribution is 7.98. The number of hydrogen-bond donors (Lipinski definition) is 0. The first-order chi connectivity index (χ1) is 14.7. The van der Waals surface area contributed by atoms with Crippen LogP contribution in [0.1, 0.15) is 30.5 Å². The van der Waals surface area contributed by atoms with Crippen LogP contribution >= 0.6 is 11.8 Å². The van der Waals surface area contributed by atoms with Gasteiger partial charge in [0.2, 0.25) is 16.9 Å². The van der Waals surface area contributed by atoms with Gasteiger partial charge in [-0.2, -0.15) is 0 Å². The molecule has 1 aliphatic carbocycles. The van der Waals surface area contributed by atoms with Crippen molar-refractivity contribution in [3.8, 4) is 17.1 Å². The maximum Gasteiger partial charge on any atom is 0.269 e. The maximum atomic E-state index is 10.8. The molecule has 0 spiro atoms. The van der Waals surface area contributed by atoms with Gasteiger partial charge in [0, 0.05) is 23.6 Å². The summed E-state index contributed by atoms with van der Waals surface area (Å²) in [6.07, 6.45) is 2.27. The van der Waals surface area contributed by atoms with Crippen molar-refractivity contribution in [3.63, 3.8) is 0 Å². The molecule has 2 aromatic carbocycles. The number of para-hydroxylation sites is 1. The molecule has 0 saturated heterocycles.